The summed E-state index contributed by atoms with van der Waals surface area (Å²) in [6, 6.07) is 8.29. The van der Waals surface area contributed by atoms with E-state index in [-0.39, 0.29) is 6.61 Å². The second-order valence-electron chi connectivity index (χ2n) is 4.33. The number of aryl methyl sites for hydroxylation is 2. The number of aliphatic hydroxyl groups is 1. The summed E-state index contributed by atoms with van der Waals surface area (Å²) >= 11 is 0. The monoisotopic (exact) mass is 233 g/mol. The van der Waals surface area contributed by atoms with Crippen LogP contribution in [0.5, 0.6) is 0 Å². The Labute approximate surface area is 102 Å². The smallest absolute Gasteiger partial charge is 0.0682 e. The minimum absolute atomic E-state index is 0.0955. The Morgan fingerprint density at radius 1 is 1.29 bits per heavy atom. The summed E-state index contributed by atoms with van der Waals surface area (Å²) in [6.45, 7) is 3.94. The molecule has 0 radical (unpaired) electrons. The molecule has 3 heteroatoms. The molecule has 0 spiro atoms. The van der Waals surface area contributed by atoms with Gasteiger partial charge in [0.05, 0.1) is 6.61 Å². The summed E-state index contributed by atoms with van der Waals surface area (Å²) in [5.41, 5.74) is 3.42. The van der Waals surface area contributed by atoms with E-state index in [2.05, 4.69) is 29.7 Å². The Kier molecular flexibility index (Phi) is 3.82. The number of hydrogen-bond donors (Lipinski definition) is 1. The molecule has 0 amide bonds. The molecule has 0 fully saturated rings. The Morgan fingerprint density at radius 3 is 2.82 bits per heavy atom. The van der Waals surface area contributed by atoms with E-state index in [1.165, 1.54) is 16.6 Å². The van der Waals surface area contributed by atoms with Crippen molar-refractivity contribution in [1.82, 2.24) is 4.57 Å². The Hall–Kier alpha value is -1.32. The molecule has 17 heavy (non-hydrogen) atoms. The molecule has 0 aliphatic carbocycles. The van der Waals surface area contributed by atoms with Crippen LogP contribution < -0.4 is 0 Å². The third-order valence-corrected chi connectivity index (χ3v) is 3.09. The lowest BCUT2D eigenvalue weighted by atomic mass is 10.2. The number of hydrogen-bond acceptors (Lipinski definition) is 2. The standard InChI is InChI=1S/C14H19NO2/c1-11-8-13-5-4-12(10-16)9-14(13)15(11)6-3-7-17-2/h4-5,8-9,16H,3,6-7,10H2,1-2H3. The van der Waals surface area contributed by atoms with Gasteiger partial charge in [-0.15, -0.1) is 0 Å². The van der Waals surface area contributed by atoms with Crippen molar-refractivity contribution in [3.8, 4) is 0 Å². The molecule has 2 rings (SSSR count). The molecule has 0 saturated carbocycles. The van der Waals surface area contributed by atoms with Crippen LogP contribution in [0.25, 0.3) is 10.9 Å². The minimum Gasteiger partial charge on any atom is -0.392 e. The van der Waals surface area contributed by atoms with Crippen molar-refractivity contribution in [2.45, 2.75) is 26.5 Å². The topological polar surface area (TPSA) is 34.4 Å². The zero-order valence-electron chi connectivity index (χ0n) is 10.4. The van der Waals surface area contributed by atoms with Crippen molar-refractivity contribution in [3.63, 3.8) is 0 Å². The highest BCUT2D eigenvalue weighted by atomic mass is 16.5. The summed E-state index contributed by atoms with van der Waals surface area (Å²) in [6.07, 6.45) is 1.00. The highest BCUT2D eigenvalue weighted by Crippen LogP contribution is 2.21. The normalized spacial score (nSPS) is 11.2. The van der Waals surface area contributed by atoms with Gasteiger partial charge >= 0.3 is 0 Å². The van der Waals surface area contributed by atoms with Crippen molar-refractivity contribution in [2.24, 2.45) is 0 Å². The molecule has 0 aliphatic heterocycles. The average Bonchev–Trinajstić information content (AvgIpc) is 2.65. The van der Waals surface area contributed by atoms with Crippen LogP contribution in [-0.4, -0.2) is 23.4 Å². The van der Waals surface area contributed by atoms with Crippen LogP contribution in [0.3, 0.4) is 0 Å². The lowest BCUT2D eigenvalue weighted by molar-refractivity contribution is 0.190. The lowest BCUT2D eigenvalue weighted by Gasteiger charge is -2.08. The number of ether oxygens (including phenoxy) is 1. The fourth-order valence-electron chi connectivity index (χ4n) is 2.20. The maximum atomic E-state index is 9.18. The van der Waals surface area contributed by atoms with E-state index in [9.17, 15) is 5.11 Å². The van der Waals surface area contributed by atoms with Gasteiger partial charge < -0.3 is 14.4 Å². The van der Waals surface area contributed by atoms with Gasteiger partial charge in [-0.1, -0.05) is 12.1 Å². The summed E-state index contributed by atoms with van der Waals surface area (Å²) < 4.78 is 7.37. The molecule has 2 aromatic rings. The molecule has 1 aromatic carbocycles. The maximum Gasteiger partial charge on any atom is 0.0682 e. The molecule has 1 heterocycles. The number of methoxy groups -OCH3 is 1. The first-order valence-corrected chi connectivity index (χ1v) is 5.95. The van der Waals surface area contributed by atoms with Gasteiger partial charge in [0, 0.05) is 31.5 Å². The predicted octanol–water partition coefficient (Wildman–Crippen LogP) is 2.48. The molecule has 1 aromatic heterocycles. The van der Waals surface area contributed by atoms with Crippen LogP contribution in [0.15, 0.2) is 24.3 Å². The van der Waals surface area contributed by atoms with Gasteiger partial charge in [-0.05, 0) is 36.4 Å². The average molecular weight is 233 g/mol. The summed E-state index contributed by atoms with van der Waals surface area (Å²) in [7, 11) is 1.73. The first kappa shape index (κ1) is 12.1. The van der Waals surface area contributed by atoms with Crippen molar-refractivity contribution >= 4 is 10.9 Å². The second kappa shape index (κ2) is 5.34. The quantitative estimate of drug-likeness (QED) is 0.805. The second-order valence-corrected chi connectivity index (χ2v) is 4.33. The number of benzene rings is 1. The molecule has 3 nitrogen and oxygen atoms in total. The van der Waals surface area contributed by atoms with Crippen molar-refractivity contribution in [3.05, 3.63) is 35.5 Å². The van der Waals surface area contributed by atoms with Crippen LogP contribution in [0, 0.1) is 6.92 Å². The van der Waals surface area contributed by atoms with Gasteiger partial charge in [0.25, 0.3) is 0 Å². The lowest BCUT2D eigenvalue weighted by Crippen LogP contribution is -2.03. The van der Waals surface area contributed by atoms with Crippen molar-refractivity contribution in [1.29, 1.82) is 0 Å². The van der Waals surface area contributed by atoms with Crippen LogP contribution in [0.1, 0.15) is 17.7 Å². The van der Waals surface area contributed by atoms with E-state index < -0.39 is 0 Å². The molecule has 0 unspecified atom stereocenters. The predicted molar refractivity (Wildman–Crippen MR) is 69.1 cm³/mol. The van der Waals surface area contributed by atoms with Gasteiger partial charge in [-0.25, -0.2) is 0 Å². The fraction of sp³-hybridized carbons (Fsp3) is 0.429. The van der Waals surface area contributed by atoms with Gasteiger partial charge in [-0.3, -0.25) is 0 Å². The highest BCUT2D eigenvalue weighted by molar-refractivity contribution is 5.82. The van der Waals surface area contributed by atoms with Gasteiger partial charge in [0.2, 0.25) is 0 Å². The first-order valence-electron chi connectivity index (χ1n) is 5.95. The van der Waals surface area contributed by atoms with Gasteiger partial charge in [-0.2, -0.15) is 0 Å². The number of rotatable bonds is 5. The Morgan fingerprint density at radius 2 is 2.12 bits per heavy atom. The van der Waals surface area contributed by atoms with Crippen LogP contribution in [0.4, 0.5) is 0 Å². The fourth-order valence-corrected chi connectivity index (χ4v) is 2.20. The van der Waals surface area contributed by atoms with E-state index in [1.807, 2.05) is 6.07 Å². The highest BCUT2D eigenvalue weighted by Gasteiger charge is 2.05. The van der Waals surface area contributed by atoms with Crippen LogP contribution in [-0.2, 0) is 17.9 Å². The van der Waals surface area contributed by atoms with Crippen molar-refractivity contribution in [2.75, 3.05) is 13.7 Å². The number of aliphatic hydroxyl groups excluding tert-OH is 1. The Balaban J connectivity index is 2.34. The van der Waals surface area contributed by atoms with Crippen LogP contribution in [0.2, 0.25) is 0 Å². The van der Waals surface area contributed by atoms with Crippen molar-refractivity contribution < 1.29 is 9.84 Å². The van der Waals surface area contributed by atoms with E-state index in [0.717, 1.165) is 25.1 Å². The minimum atomic E-state index is 0.0955. The van der Waals surface area contributed by atoms with E-state index in [0.29, 0.717) is 0 Å². The number of fused-ring (bicyclic) bond motifs is 1. The van der Waals surface area contributed by atoms with E-state index in [4.69, 9.17) is 4.74 Å². The molecular weight excluding hydrogens is 214 g/mol. The molecule has 1 N–H and O–H groups in total. The largest absolute Gasteiger partial charge is 0.392 e. The van der Waals surface area contributed by atoms with Crippen LogP contribution >= 0.6 is 0 Å². The summed E-state index contributed by atoms with van der Waals surface area (Å²) in [5.74, 6) is 0. The Bertz CT molecular complexity index is 502. The third kappa shape index (κ3) is 2.51. The molecule has 0 saturated heterocycles. The SMILES string of the molecule is COCCCn1c(C)cc2ccc(CO)cc21. The zero-order valence-corrected chi connectivity index (χ0v) is 10.4. The third-order valence-electron chi connectivity index (χ3n) is 3.09. The summed E-state index contributed by atoms with van der Waals surface area (Å²) in [5, 5.41) is 10.4. The number of aromatic nitrogens is 1. The molecule has 0 bridgehead atoms. The molecule has 0 aliphatic rings. The molecule has 0 atom stereocenters. The first-order chi connectivity index (χ1) is 8.26. The maximum absolute atomic E-state index is 9.18. The number of nitrogens with zero attached hydrogens (tertiary/aromatic N) is 1. The zero-order chi connectivity index (χ0) is 12.3. The van der Waals surface area contributed by atoms with E-state index >= 15 is 0 Å². The van der Waals surface area contributed by atoms with E-state index in [1.54, 1.807) is 7.11 Å². The molecule has 92 valence electrons. The summed E-state index contributed by atoms with van der Waals surface area (Å²) in [4.78, 5) is 0. The molecular formula is C14H19NO2. The van der Waals surface area contributed by atoms with Gasteiger partial charge in [0.1, 0.15) is 0 Å². The van der Waals surface area contributed by atoms with Gasteiger partial charge in [0.15, 0.2) is 0 Å².